The van der Waals surface area contributed by atoms with Crippen LogP contribution in [0.1, 0.15) is 23.4 Å². The van der Waals surface area contributed by atoms with Crippen molar-refractivity contribution in [2.24, 2.45) is 5.73 Å². The van der Waals surface area contributed by atoms with Gasteiger partial charge in [0, 0.05) is 25.6 Å². The summed E-state index contributed by atoms with van der Waals surface area (Å²) < 4.78 is 15.6. The zero-order valence-electron chi connectivity index (χ0n) is 11.0. The summed E-state index contributed by atoms with van der Waals surface area (Å²) in [6.45, 7) is 0.298. The van der Waals surface area contributed by atoms with Gasteiger partial charge in [0.2, 0.25) is 0 Å². The van der Waals surface area contributed by atoms with E-state index < -0.39 is 0 Å². The highest BCUT2D eigenvalue weighted by Gasteiger charge is 2.17. The van der Waals surface area contributed by atoms with Gasteiger partial charge >= 0.3 is 0 Å². The maximum atomic E-state index is 5.55. The Balaban J connectivity index is 2.15. The minimum atomic E-state index is -0.362. The van der Waals surface area contributed by atoms with Crippen molar-refractivity contribution in [3.8, 4) is 5.75 Å². The quantitative estimate of drug-likeness (QED) is 0.846. The van der Waals surface area contributed by atoms with E-state index in [4.69, 9.17) is 19.7 Å². The predicted molar refractivity (Wildman–Crippen MR) is 68.9 cm³/mol. The fraction of sp³-hybridized carbons (Fsp3) is 0.385. The summed E-state index contributed by atoms with van der Waals surface area (Å²) in [4.78, 5) is 4.28. The summed E-state index contributed by atoms with van der Waals surface area (Å²) in [5.41, 5.74) is 6.55. The third kappa shape index (κ3) is 3.10. The lowest BCUT2D eigenvalue weighted by Crippen LogP contribution is -2.14. The molecule has 102 valence electrons. The first-order valence-corrected chi connectivity index (χ1v) is 5.95. The molecule has 1 atom stereocenters. The minimum absolute atomic E-state index is 0.298. The zero-order chi connectivity index (χ0) is 13.7. The highest BCUT2D eigenvalue weighted by Crippen LogP contribution is 2.21. The molecule has 1 heterocycles. The summed E-state index contributed by atoms with van der Waals surface area (Å²) in [6, 6.07) is 7.72. The molecule has 19 heavy (non-hydrogen) atoms. The van der Waals surface area contributed by atoms with Gasteiger partial charge in [-0.2, -0.15) is 4.98 Å². The van der Waals surface area contributed by atoms with Crippen molar-refractivity contribution < 1.29 is 14.0 Å². The molecule has 1 aromatic carbocycles. The van der Waals surface area contributed by atoms with Crippen LogP contribution in [0.2, 0.25) is 0 Å². The van der Waals surface area contributed by atoms with E-state index >= 15 is 0 Å². The first kappa shape index (κ1) is 13.5. The smallest absolute Gasteiger partial charge is 0.257 e. The molecule has 1 aromatic heterocycles. The maximum Gasteiger partial charge on any atom is 0.257 e. The van der Waals surface area contributed by atoms with Gasteiger partial charge in [0.15, 0.2) is 5.82 Å². The van der Waals surface area contributed by atoms with Crippen molar-refractivity contribution in [1.82, 2.24) is 10.1 Å². The lowest BCUT2D eigenvalue weighted by molar-refractivity contribution is 0.0804. The monoisotopic (exact) mass is 263 g/mol. The number of benzene rings is 1. The lowest BCUT2D eigenvalue weighted by atomic mass is 10.1. The normalized spacial score (nSPS) is 12.4. The zero-order valence-corrected chi connectivity index (χ0v) is 11.0. The Hall–Kier alpha value is -1.92. The summed E-state index contributed by atoms with van der Waals surface area (Å²) >= 11 is 0. The van der Waals surface area contributed by atoms with Crippen LogP contribution >= 0.6 is 0 Å². The first-order chi connectivity index (χ1) is 9.28. The molecule has 2 N–H and O–H groups in total. The average molecular weight is 263 g/mol. The van der Waals surface area contributed by atoms with Gasteiger partial charge in [-0.15, -0.1) is 0 Å². The van der Waals surface area contributed by atoms with Crippen LogP contribution in [0.25, 0.3) is 0 Å². The van der Waals surface area contributed by atoms with E-state index in [2.05, 4.69) is 10.1 Å². The summed E-state index contributed by atoms with van der Waals surface area (Å²) in [7, 11) is 3.19. The van der Waals surface area contributed by atoms with Crippen LogP contribution in [-0.2, 0) is 11.2 Å². The molecule has 0 saturated heterocycles. The second kappa shape index (κ2) is 6.31. The van der Waals surface area contributed by atoms with Gasteiger partial charge in [0.25, 0.3) is 5.89 Å². The Kier molecular flexibility index (Phi) is 4.48. The Labute approximate surface area is 111 Å². The molecular formula is C13H17N3O3. The van der Waals surface area contributed by atoms with Gasteiger partial charge in [0.05, 0.1) is 7.11 Å². The van der Waals surface area contributed by atoms with E-state index in [0.29, 0.717) is 24.7 Å². The largest absolute Gasteiger partial charge is 0.496 e. The van der Waals surface area contributed by atoms with E-state index in [1.54, 1.807) is 14.2 Å². The molecule has 0 aliphatic rings. The van der Waals surface area contributed by atoms with Crippen LogP contribution in [-0.4, -0.2) is 30.9 Å². The first-order valence-electron chi connectivity index (χ1n) is 5.95. The topological polar surface area (TPSA) is 83.4 Å². The summed E-state index contributed by atoms with van der Waals surface area (Å²) in [6.07, 6.45) is 0.174. The van der Waals surface area contributed by atoms with Crippen LogP contribution < -0.4 is 10.5 Å². The highest BCUT2D eigenvalue weighted by atomic mass is 16.5. The summed E-state index contributed by atoms with van der Waals surface area (Å²) in [5, 5.41) is 3.93. The van der Waals surface area contributed by atoms with Gasteiger partial charge in [-0.3, -0.25) is 0 Å². The van der Waals surface area contributed by atoms with Gasteiger partial charge in [0.1, 0.15) is 11.9 Å². The SMILES string of the molecule is COc1ccccc1Cc1noc(C(CN)OC)n1. The minimum Gasteiger partial charge on any atom is -0.496 e. The van der Waals surface area contributed by atoms with Crippen molar-refractivity contribution in [3.63, 3.8) is 0 Å². The van der Waals surface area contributed by atoms with Gasteiger partial charge in [-0.1, -0.05) is 23.4 Å². The molecule has 0 amide bonds. The molecule has 6 nitrogen and oxygen atoms in total. The van der Waals surface area contributed by atoms with Crippen LogP contribution in [0.4, 0.5) is 0 Å². The molecule has 0 radical (unpaired) electrons. The standard InChI is InChI=1S/C13H17N3O3/c1-17-10-6-4-3-5-9(10)7-12-15-13(19-16-12)11(8-14)18-2/h3-6,11H,7-8,14H2,1-2H3. The van der Waals surface area contributed by atoms with Crippen molar-refractivity contribution in [2.45, 2.75) is 12.5 Å². The fourth-order valence-corrected chi connectivity index (χ4v) is 1.79. The Morgan fingerprint density at radius 1 is 1.32 bits per heavy atom. The van der Waals surface area contributed by atoms with Crippen LogP contribution in [0, 0.1) is 0 Å². The number of ether oxygens (including phenoxy) is 2. The number of aromatic nitrogens is 2. The van der Waals surface area contributed by atoms with Crippen LogP contribution in [0.5, 0.6) is 5.75 Å². The molecule has 2 rings (SSSR count). The molecule has 0 aliphatic carbocycles. The number of hydrogen-bond acceptors (Lipinski definition) is 6. The van der Waals surface area contributed by atoms with Crippen LogP contribution in [0.15, 0.2) is 28.8 Å². The van der Waals surface area contributed by atoms with E-state index in [1.165, 1.54) is 0 Å². The number of hydrogen-bond donors (Lipinski definition) is 1. The molecule has 0 bridgehead atoms. The maximum absolute atomic E-state index is 5.55. The molecule has 6 heteroatoms. The Bertz CT molecular complexity index is 523. The average Bonchev–Trinajstić information content (AvgIpc) is 2.89. The molecule has 0 aliphatic heterocycles. The van der Waals surface area contributed by atoms with Crippen molar-refractivity contribution in [2.75, 3.05) is 20.8 Å². The number of rotatable bonds is 6. The number of para-hydroxylation sites is 1. The van der Waals surface area contributed by atoms with Gasteiger partial charge in [-0.05, 0) is 6.07 Å². The molecule has 2 aromatic rings. The van der Waals surface area contributed by atoms with Crippen molar-refractivity contribution >= 4 is 0 Å². The van der Waals surface area contributed by atoms with E-state index in [0.717, 1.165) is 11.3 Å². The lowest BCUT2D eigenvalue weighted by Gasteiger charge is -2.06. The van der Waals surface area contributed by atoms with Crippen molar-refractivity contribution in [1.29, 1.82) is 0 Å². The van der Waals surface area contributed by atoms with Crippen molar-refractivity contribution in [3.05, 3.63) is 41.5 Å². The van der Waals surface area contributed by atoms with E-state index in [1.807, 2.05) is 24.3 Å². The number of nitrogens with zero attached hydrogens (tertiary/aromatic N) is 2. The molecule has 0 spiro atoms. The second-order valence-corrected chi connectivity index (χ2v) is 4.00. The molecular weight excluding hydrogens is 246 g/mol. The number of nitrogens with two attached hydrogens (primary N) is 1. The Morgan fingerprint density at radius 2 is 2.11 bits per heavy atom. The predicted octanol–water partition coefficient (Wildman–Crippen LogP) is 1.32. The van der Waals surface area contributed by atoms with Gasteiger partial charge < -0.3 is 19.7 Å². The molecule has 0 fully saturated rings. The Morgan fingerprint density at radius 3 is 2.79 bits per heavy atom. The van der Waals surface area contributed by atoms with E-state index in [9.17, 15) is 0 Å². The summed E-state index contributed by atoms with van der Waals surface area (Å²) in [5.74, 6) is 1.78. The third-order valence-electron chi connectivity index (χ3n) is 2.80. The second-order valence-electron chi connectivity index (χ2n) is 4.00. The number of methoxy groups -OCH3 is 2. The third-order valence-corrected chi connectivity index (χ3v) is 2.80. The molecule has 0 saturated carbocycles. The van der Waals surface area contributed by atoms with Crippen LogP contribution in [0.3, 0.4) is 0 Å². The fourth-order valence-electron chi connectivity index (χ4n) is 1.79. The highest BCUT2D eigenvalue weighted by molar-refractivity contribution is 5.35. The molecule has 1 unspecified atom stereocenters. The van der Waals surface area contributed by atoms with E-state index in [-0.39, 0.29) is 6.10 Å². The van der Waals surface area contributed by atoms with Gasteiger partial charge in [-0.25, -0.2) is 0 Å².